The van der Waals surface area contributed by atoms with E-state index >= 15 is 0 Å². The van der Waals surface area contributed by atoms with Crippen LogP contribution in [0.1, 0.15) is 30.6 Å². The van der Waals surface area contributed by atoms with Crippen LogP contribution in [-0.2, 0) is 19.0 Å². The van der Waals surface area contributed by atoms with Gasteiger partial charge in [-0.1, -0.05) is 32.0 Å². The topological polar surface area (TPSA) is 73.9 Å². The number of carbonyl (C=O) groups excluding carboxylic acids is 2. The van der Waals surface area contributed by atoms with Crippen LogP contribution in [0.2, 0.25) is 0 Å². The molecule has 0 saturated carbocycles. The van der Waals surface area contributed by atoms with E-state index in [-0.39, 0.29) is 17.0 Å². The lowest BCUT2D eigenvalue weighted by atomic mass is 9.84. The zero-order valence-corrected chi connectivity index (χ0v) is 16.4. The number of methoxy groups -OCH3 is 2. The first kappa shape index (κ1) is 19.5. The summed E-state index contributed by atoms with van der Waals surface area (Å²) in [5, 5.41) is 2.68. The molecule has 1 aromatic carbocycles. The van der Waals surface area contributed by atoms with Gasteiger partial charge in [-0.05, 0) is 41.2 Å². The van der Waals surface area contributed by atoms with E-state index in [2.05, 4.69) is 19.2 Å². The maximum Gasteiger partial charge on any atom is 0.354 e. The molecular weight excluding hydrogens is 358 g/mol. The van der Waals surface area contributed by atoms with Crippen molar-refractivity contribution in [3.05, 3.63) is 82.7 Å². The number of hydrogen-bond acceptors (Lipinski definition) is 5. The number of carbonyl (C=O) groups is 2. The van der Waals surface area contributed by atoms with Gasteiger partial charge in [0.05, 0.1) is 20.5 Å². The Labute approximate surface area is 164 Å². The van der Waals surface area contributed by atoms with Gasteiger partial charge >= 0.3 is 5.97 Å². The minimum absolute atomic E-state index is 0.0649. The molecule has 0 atom stereocenters. The Morgan fingerprint density at radius 2 is 1.86 bits per heavy atom. The Bertz CT molecular complexity index is 920. The molecule has 0 aromatic heterocycles. The van der Waals surface area contributed by atoms with E-state index in [0.29, 0.717) is 11.3 Å². The summed E-state index contributed by atoms with van der Waals surface area (Å²) in [4.78, 5) is 24.9. The summed E-state index contributed by atoms with van der Waals surface area (Å²) in [7, 11) is 2.85. The highest BCUT2D eigenvalue weighted by molar-refractivity contribution is 6.01. The Kier molecular flexibility index (Phi) is 5.40. The van der Waals surface area contributed by atoms with Gasteiger partial charge in [0.25, 0.3) is 5.91 Å². The number of esters is 1. The summed E-state index contributed by atoms with van der Waals surface area (Å²) in [6.45, 7) is 4.12. The number of nitrogens with one attached hydrogen (secondary N) is 1. The summed E-state index contributed by atoms with van der Waals surface area (Å²) < 4.78 is 15.7. The smallest absolute Gasteiger partial charge is 0.354 e. The first-order valence-electron chi connectivity index (χ1n) is 8.88. The second kappa shape index (κ2) is 7.76. The molecule has 3 rings (SSSR count). The van der Waals surface area contributed by atoms with E-state index < -0.39 is 5.97 Å². The highest BCUT2D eigenvalue weighted by atomic mass is 16.5. The van der Waals surface area contributed by atoms with E-state index in [1.807, 2.05) is 6.07 Å². The predicted octanol–water partition coefficient (Wildman–Crippen LogP) is 3.60. The maximum atomic E-state index is 12.6. The average Bonchev–Trinajstić information content (AvgIpc) is 2.96. The summed E-state index contributed by atoms with van der Waals surface area (Å²) in [5.41, 5.74) is 2.94. The fourth-order valence-electron chi connectivity index (χ4n) is 3.40. The van der Waals surface area contributed by atoms with E-state index in [0.717, 1.165) is 23.1 Å². The van der Waals surface area contributed by atoms with Gasteiger partial charge in [0, 0.05) is 11.1 Å². The van der Waals surface area contributed by atoms with Crippen LogP contribution in [0.15, 0.2) is 77.1 Å². The van der Waals surface area contributed by atoms with Gasteiger partial charge in [-0.15, -0.1) is 0 Å². The minimum Gasteiger partial charge on any atom is -0.493 e. The molecule has 0 unspecified atom stereocenters. The number of fused-ring (bicyclic) bond motifs is 1. The number of benzene rings is 1. The Morgan fingerprint density at radius 1 is 1.14 bits per heavy atom. The van der Waals surface area contributed by atoms with Crippen LogP contribution < -0.4 is 5.32 Å². The Hall–Kier alpha value is -3.28. The standard InChI is InChI=1S/C22H23NO5/c1-22(2)11-15-12-28-13-18(26-3)19(15)16(22)10-17(21(25)27-4)23-20(24)14-8-6-5-7-9-14/h5-10,12-13H,11H2,1-4H3,(H,23,24). The van der Waals surface area contributed by atoms with Crippen molar-refractivity contribution in [3.8, 4) is 0 Å². The number of rotatable bonds is 5. The molecule has 0 fully saturated rings. The summed E-state index contributed by atoms with van der Waals surface area (Å²) in [5.74, 6) is -0.433. The largest absolute Gasteiger partial charge is 0.493 e. The van der Waals surface area contributed by atoms with Crippen molar-refractivity contribution in [1.29, 1.82) is 0 Å². The Morgan fingerprint density at radius 3 is 2.50 bits per heavy atom. The van der Waals surface area contributed by atoms with Crippen LogP contribution in [0.5, 0.6) is 0 Å². The molecule has 0 radical (unpaired) electrons. The molecule has 0 spiro atoms. The molecule has 146 valence electrons. The number of ether oxygens (including phenoxy) is 3. The molecule has 28 heavy (non-hydrogen) atoms. The van der Waals surface area contributed by atoms with Crippen LogP contribution in [0.4, 0.5) is 0 Å². The maximum absolute atomic E-state index is 12.6. The monoisotopic (exact) mass is 381 g/mol. The molecule has 6 nitrogen and oxygen atoms in total. The molecule has 0 saturated heterocycles. The zero-order valence-electron chi connectivity index (χ0n) is 16.4. The average molecular weight is 381 g/mol. The molecule has 6 heteroatoms. The van der Waals surface area contributed by atoms with E-state index in [9.17, 15) is 9.59 Å². The summed E-state index contributed by atoms with van der Waals surface area (Å²) in [6.07, 6.45) is 5.59. The molecular formula is C22H23NO5. The van der Waals surface area contributed by atoms with Crippen molar-refractivity contribution in [2.75, 3.05) is 14.2 Å². The van der Waals surface area contributed by atoms with Crippen molar-refractivity contribution < 1.29 is 23.8 Å². The van der Waals surface area contributed by atoms with Crippen molar-refractivity contribution in [2.24, 2.45) is 5.41 Å². The highest BCUT2D eigenvalue weighted by Crippen LogP contribution is 2.50. The number of allylic oxidation sites excluding steroid dienone is 3. The quantitative estimate of drug-likeness (QED) is 0.623. The van der Waals surface area contributed by atoms with Gasteiger partial charge in [0.1, 0.15) is 12.0 Å². The third-order valence-corrected chi connectivity index (χ3v) is 4.78. The van der Waals surface area contributed by atoms with Gasteiger partial charge in [-0.25, -0.2) is 4.79 Å². The second-order valence-corrected chi connectivity index (χ2v) is 7.18. The van der Waals surface area contributed by atoms with Crippen LogP contribution in [0.25, 0.3) is 0 Å². The van der Waals surface area contributed by atoms with Crippen molar-refractivity contribution in [3.63, 3.8) is 0 Å². The third kappa shape index (κ3) is 3.71. The van der Waals surface area contributed by atoms with Gasteiger partial charge in [-0.2, -0.15) is 0 Å². The first-order chi connectivity index (χ1) is 13.4. The molecule has 1 aromatic rings. The molecule has 1 aliphatic carbocycles. The molecule has 1 N–H and O–H groups in total. The fourth-order valence-corrected chi connectivity index (χ4v) is 3.40. The lowest BCUT2D eigenvalue weighted by Gasteiger charge is -2.21. The third-order valence-electron chi connectivity index (χ3n) is 4.78. The van der Waals surface area contributed by atoms with Gasteiger partial charge in [0.2, 0.25) is 0 Å². The number of amides is 1. The molecule has 1 amide bonds. The van der Waals surface area contributed by atoms with Crippen molar-refractivity contribution in [1.82, 2.24) is 5.32 Å². The molecule has 0 bridgehead atoms. The second-order valence-electron chi connectivity index (χ2n) is 7.18. The van der Waals surface area contributed by atoms with Crippen LogP contribution >= 0.6 is 0 Å². The Balaban J connectivity index is 2.05. The summed E-state index contributed by atoms with van der Waals surface area (Å²) in [6, 6.07) is 8.69. The molecule has 1 heterocycles. The molecule has 1 aliphatic heterocycles. The van der Waals surface area contributed by atoms with E-state index in [4.69, 9.17) is 14.2 Å². The minimum atomic E-state index is -0.624. The van der Waals surface area contributed by atoms with Gasteiger partial charge < -0.3 is 19.5 Å². The number of hydrogen-bond donors (Lipinski definition) is 1. The first-order valence-corrected chi connectivity index (χ1v) is 8.88. The van der Waals surface area contributed by atoms with E-state index in [1.54, 1.807) is 43.7 Å². The van der Waals surface area contributed by atoms with Crippen LogP contribution in [0, 0.1) is 5.41 Å². The lowest BCUT2D eigenvalue weighted by molar-refractivity contribution is -0.136. The zero-order chi connectivity index (χ0) is 20.3. The van der Waals surface area contributed by atoms with Crippen LogP contribution in [0.3, 0.4) is 0 Å². The predicted molar refractivity (Wildman–Crippen MR) is 104 cm³/mol. The van der Waals surface area contributed by atoms with Crippen LogP contribution in [-0.4, -0.2) is 26.1 Å². The highest BCUT2D eigenvalue weighted by Gasteiger charge is 2.39. The molecule has 2 aliphatic rings. The van der Waals surface area contributed by atoms with Crippen molar-refractivity contribution in [2.45, 2.75) is 20.3 Å². The van der Waals surface area contributed by atoms with Crippen molar-refractivity contribution >= 4 is 11.9 Å². The normalized spacial score (nSPS) is 17.8. The fraction of sp³-hybridized carbons (Fsp3) is 0.273. The summed E-state index contributed by atoms with van der Waals surface area (Å²) >= 11 is 0. The lowest BCUT2D eigenvalue weighted by Crippen LogP contribution is -2.29. The van der Waals surface area contributed by atoms with E-state index in [1.165, 1.54) is 13.4 Å². The van der Waals surface area contributed by atoms with Gasteiger partial charge in [-0.3, -0.25) is 4.79 Å². The van der Waals surface area contributed by atoms with Gasteiger partial charge in [0.15, 0.2) is 5.76 Å². The SMILES string of the molecule is COC(=O)C(=CC1=C2C(=COC=C2OC)CC1(C)C)NC(=O)c1ccccc1.